The fourth-order valence-electron chi connectivity index (χ4n) is 4.19. The Bertz CT molecular complexity index is 1140. The van der Waals surface area contributed by atoms with E-state index in [4.69, 9.17) is 27.2 Å². The van der Waals surface area contributed by atoms with Crippen LogP contribution in [-0.4, -0.2) is 34.7 Å². The molecule has 1 aliphatic carbocycles. The Labute approximate surface area is 216 Å². The molecule has 36 heavy (non-hydrogen) atoms. The number of nitrogens with one attached hydrogen (secondary N) is 1. The van der Waals surface area contributed by atoms with Gasteiger partial charge in [-0.25, -0.2) is 0 Å². The molecule has 5 N–H and O–H groups in total. The third-order valence-electron chi connectivity index (χ3n) is 6.36. The van der Waals surface area contributed by atoms with Crippen molar-refractivity contribution in [2.45, 2.75) is 57.8 Å². The van der Waals surface area contributed by atoms with E-state index < -0.39 is 12.2 Å². The van der Waals surface area contributed by atoms with E-state index in [0.29, 0.717) is 21.9 Å². The third-order valence-corrected chi connectivity index (χ3v) is 6.58. The van der Waals surface area contributed by atoms with Crippen LogP contribution in [0.1, 0.15) is 73.2 Å². The van der Waals surface area contributed by atoms with Crippen LogP contribution < -0.4 is 15.8 Å². The van der Waals surface area contributed by atoms with Gasteiger partial charge in [-0.05, 0) is 60.7 Å². The number of halogens is 1. The largest absolute Gasteiger partial charge is 0.485 e. The van der Waals surface area contributed by atoms with E-state index in [2.05, 4.69) is 31.3 Å². The molecular weight excluding hydrogens is 480 g/mol. The molecule has 192 valence electrons. The van der Waals surface area contributed by atoms with Gasteiger partial charge in [0.25, 0.3) is 5.91 Å². The highest BCUT2D eigenvalue weighted by molar-refractivity contribution is 6.30. The van der Waals surface area contributed by atoms with Crippen LogP contribution in [0.25, 0.3) is 0 Å². The molecule has 0 aromatic heterocycles. The maximum atomic E-state index is 12.3. The fraction of sp³-hybridized carbons (Fsp3) is 0.357. The molecule has 0 aliphatic heterocycles. The molecule has 3 unspecified atom stereocenters. The number of carboxylic acid groups (broad SMARTS) is 1. The molecule has 7 nitrogen and oxygen atoms in total. The van der Waals surface area contributed by atoms with Crippen molar-refractivity contribution in [1.82, 2.24) is 5.32 Å². The Morgan fingerprint density at radius 2 is 1.83 bits per heavy atom. The lowest BCUT2D eigenvalue weighted by molar-refractivity contribution is -0.136. The Morgan fingerprint density at radius 3 is 2.42 bits per heavy atom. The Kier molecular flexibility index (Phi) is 9.70. The molecule has 3 rings (SSSR count). The zero-order valence-electron chi connectivity index (χ0n) is 20.5. The van der Waals surface area contributed by atoms with Crippen molar-refractivity contribution in [3.63, 3.8) is 0 Å². The van der Waals surface area contributed by atoms with Gasteiger partial charge in [0.05, 0.1) is 6.42 Å². The number of aliphatic carboxylic acids is 1. The molecule has 1 amide bonds. The topological polar surface area (TPSA) is 122 Å². The molecule has 0 bridgehead atoms. The average Bonchev–Trinajstić information content (AvgIpc) is 2.86. The SMILES string of the molecule is CCC1=CC=C(C(Oc2cc(Cl)cc(C(N)O)c2)C(C)c2ccc(C(=O)NCCC(=O)O)cc2)CC1. The van der Waals surface area contributed by atoms with Crippen molar-refractivity contribution in [2.24, 2.45) is 5.73 Å². The normalized spacial score (nSPS) is 15.8. The van der Waals surface area contributed by atoms with Crippen molar-refractivity contribution >= 4 is 23.5 Å². The molecule has 1 aliphatic rings. The first-order valence-electron chi connectivity index (χ1n) is 12.1. The first-order chi connectivity index (χ1) is 17.2. The van der Waals surface area contributed by atoms with Crippen LogP contribution in [0.3, 0.4) is 0 Å². The Balaban J connectivity index is 1.85. The lowest BCUT2D eigenvalue weighted by atomic mass is 9.85. The minimum atomic E-state index is -1.17. The summed E-state index contributed by atoms with van der Waals surface area (Å²) >= 11 is 6.26. The monoisotopic (exact) mass is 512 g/mol. The summed E-state index contributed by atoms with van der Waals surface area (Å²) in [5.74, 6) is -0.833. The number of rotatable bonds is 11. The summed E-state index contributed by atoms with van der Waals surface area (Å²) < 4.78 is 6.48. The zero-order chi connectivity index (χ0) is 26.2. The standard InChI is InChI=1S/C28H33ClN2O5/c1-3-18-4-6-20(7-5-18)26(36-24-15-22(27(30)34)14-23(29)16-24)17(2)19-8-10-21(11-9-19)28(35)31-13-12-25(32)33/h4,6,8-11,14-17,26-27,34H,3,5,7,12-13,30H2,1-2H3,(H,31,35)(H,32,33). The second-order valence-electron chi connectivity index (χ2n) is 8.93. The van der Waals surface area contributed by atoms with Gasteiger partial charge in [-0.1, -0.05) is 55.3 Å². The first kappa shape index (κ1) is 27.5. The van der Waals surface area contributed by atoms with Crippen molar-refractivity contribution < 1.29 is 24.5 Å². The average molecular weight is 513 g/mol. The Morgan fingerprint density at radius 1 is 1.11 bits per heavy atom. The van der Waals surface area contributed by atoms with Crippen LogP contribution >= 0.6 is 11.6 Å². The summed E-state index contributed by atoms with van der Waals surface area (Å²) in [6.45, 7) is 4.28. The number of hydrogen-bond acceptors (Lipinski definition) is 5. The van der Waals surface area contributed by atoms with Gasteiger partial charge in [0.2, 0.25) is 0 Å². The third kappa shape index (κ3) is 7.43. The van der Waals surface area contributed by atoms with Gasteiger partial charge in [0.1, 0.15) is 18.1 Å². The minimum Gasteiger partial charge on any atom is -0.485 e. The minimum absolute atomic E-state index is 0.0674. The lowest BCUT2D eigenvalue weighted by Crippen LogP contribution is -2.28. The number of benzene rings is 2. The molecule has 8 heteroatoms. The number of hydrogen-bond donors (Lipinski definition) is 4. The molecule has 0 heterocycles. The quantitative estimate of drug-likeness (QED) is 0.311. The molecular formula is C28H33ClN2O5. The van der Waals surface area contributed by atoms with Crippen LogP contribution in [0.4, 0.5) is 0 Å². The van der Waals surface area contributed by atoms with Gasteiger partial charge in [0.15, 0.2) is 0 Å². The summed E-state index contributed by atoms with van der Waals surface area (Å²) in [4.78, 5) is 23.0. The van der Waals surface area contributed by atoms with Crippen molar-refractivity contribution in [1.29, 1.82) is 0 Å². The van der Waals surface area contributed by atoms with Gasteiger partial charge in [0, 0.05) is 28.6 Å². The second-order valence-corrected chi connectivity index (χ2v) is 9.37. The highest BCUT2D eigenvalue weighted by Gasteiger charge is 2.27. The number of aliphatic hydroxyl groups excluding tert-OH is 1. The molecule has 0 spiro atoms. The van der Waals surface area contributed by atoms with E-state index in [-0.39, 0.29) is 30.9 Å². The lowest BCUT2D eigenvalue weighted by Gasteiger charge is -2.30. The predicted octanol–water partition coefficient (Wildman–Crippen LogP) is 5.10. The summed E-state index contributed by atoms with van der Waals surface area (Å²) in [7, 11) is 0. The highest BCUT2D eigenvalue weighted by atomic mass is 35.5. The summed E-state index contributed by atoms with van der Waals surface area (Å²) in [6, 6.07) is 12.2. The number of aliphatic hydroxyl groups is 1. The number of amides is 1. The van der Waals surface area contributed by atoms with E-state index >= 15 is 0 Å². The fourth-order valence-corrected chi connectivity index (χ4v) is 4.43. The maximum Gasteiger partial charge on any atom is 0.305 e. The second kappa shape index (κ2) is 12.7. The smallest absolute Gasteiger partial charge is 0.305 e. The van der Waals surface area contributed by atoms with E-state index in [1.807, 2.05) is 12.1 Å². The van der Waals surface area contributed by atoms with Gasteiger partial charge >= 0.3 is 5.97 Å². The van der Waals surface area contributed by atoms with Crippen LogP contribution in [0.15, 0.2) is 65.8 Å². The van der Waals surface area contributed by atoms with Crippen LogP contribution in [0.5, 0.6) is 5.75 Å². The molecule has 0 radical (unpaired) electrons. The number of ether oxygens (including phenoxy) is 1. The molecule has 0 saturated carbocycles. The number of carboxylic acids is 1. The first-order valence-corrected chi connectivity index (χ1v) is 12.4. The molecule has 2 aromatic carbocycles. The van der Waals surface area contributed by atoms with Crippen LogP contribution in [-0.2, 0) is 4.79 Å². The van der Waals surface area contributed by atoms with Crippen LogP contribution in [0.2, 0.25) is 5.02 Å². The highest BCUT2D eigenvalue weighted by Crippen LogP contribution is 2.35. The van der Waals surface area contributed by atoms with Gasteiger partial charge < -0.3 is 26.0 Å². The Hall–Kier alpha value is -3.13. The van der Waals surface area contributed by atoms with E-state index in [0.717, 1.165) is 30.4 Å². The number of allylic oxidation sites excluding steroid dienone is 3. The molecule has 3 atom stereocenters. The predicted molar refractivity (Wildman–Crippen MR) is 140 cm³/mol. The van der Waals surface area contributed by atoms with Gasteiger partial charge in [-0.2, -0.15) is 0 Å². The van der Waals surface area contributed by atoms with Crippen molar-refractivity contribution in [3.8, 4) is 5.75 Å². The molecule has 0 saturated heterocycles. The van der Waals surface area contributed by atoms with Crippen molar-refractivity contribution in [3.05, 3.63) is 87.5 Å². The maximum absolute atomic E-state index is 12.3. The van der Waals surface area contributed by atoms with Gasteiger partial charge in [-0.15, -0.1) is 0 Å². The van der Waals surface area contributed by atoms with Gasteiger partial charge in [-0.3, -0.25) is 9.59 Å². The van der Waals surface area contributed by atoms with Crippen molar-refractivity contribution in [2.75, 3.05) is 6.54 Å². The van der Waals surface area contributed by atoms with E-state index in [1.165, 1.54) is 5.57 Å². The summed E-state index contributed by atoms with van der Waals surface area (Å²) in [5, 5.41) is 21.6. The zero-order valence-corrected chi connectivity index (χ0v) is 21.3. The summed E-state index contributed by atoms with van der Waals surface area (Å²) in [6.07, 6.45) is 5.51. The van der Waals surface area contributed by atoms with E-state index in [1.54, 1.807) is 30.3 Å². The number of carbonyl (C=O) groups is 2. The van der Waals surface area contributed by atoms with E-state index in [9.17, 15) is 14.7 Å². The van der Waals surface area contributed by atoms with Crippen LogP contribution in [0, 0.1) is 0 Å². The molecule has 0 fully saturated rings. The number of nitrogens with two attached hydrogens (primary N) is 1. The number of carbonyl (C=O) groups excluding carboxylic acids is 1. The molecule has 2 aromatic rings. The summed E-state index contributed by atoms with van der Waals surface area (Å²) in [5.41, 5.74) is 10.1.